The van der Waals surface area contributed by atoms with Crippen molar-refractivity contribution >= 4 is 23.1 Å². The van der Waals surface area contributed by atoms with E-state index in [4.69, 9.17) is 5.73 Å². The first kappa shape index (κ1) is 13.6. The van der Waals surface area contributed by atoms with Crippen molar-refractivity contribution in [2.75, 3.05) is 32.1 Å². The van der Waals surface area contributed by atoms with E-state index in [9.17, 15) is 0 Å². The van der Waals surface area contributed by atoms with E-state index in [1.165, 1.54) is 10.6 Å². The smallest absolute Gasteiger partial charge is 0.0555 e. The fourth-order valence-corrected chi connectivity index (χ4v) is 2.70. The lowest BCUT2D eigenvalue weighted by atomic mass is 10.2. The minimum atomic E-state index is 0.428. The van der Waals surface area contributed by atoms with Crippen molar-refractivity contribution in [3.8, 4) is 11.8 Å². The van der Waals surface area contributed by atoms with Crippen LogP contribution in [0, 0.1) is 11.8 Å². The van der Waals surface area contributed by atoms with Gasteiger partial charge in [0.05, 0.1) is 6.54 Å². The molecule has 4 heteroatoms. The van der Waals surface area contributed by atoms with Gasteiger partial charge in [0.2, 0.25) is 0 Å². The third-order valence-corrected chi connectivity index (χ3v) is 3.66. The highest BCUT2D eigenvalue weighted by atomic mass is 32.2. The summed E-state index contributed by atoms with van der Waals surface area (Å²) in [6.45, 7) is 2.52. The first-order valence-electron chi connectivity index (χ1n) is 5.20. The lowest BCUT2D eigenvalue weighted by Gasteiger charge is -2.14. The van der Waals surface area contributed by atoms with Gasteiger partial charge in [-0.15, -0.1) is 11.3 Å². The average Bonchev–Trinajstić information content (AvgIpc) is 2.71. The van der Waals surface area contributed by atoms with Gasteiger partial charge >= 0.3 is 0 Å². The summed E-state index contributed by atoms with van der Waals surface area (Å²) in [6.07, 6.45) is 2.14. The zero-order chi connectivity index (χ0) is 11.8. The number of nitrogens with zero attached hydrogens (tertiary/aromatic N) is 1. The quantitative estimate of drug-likeness (QED) is 0.813. The molecule has 16 heavy (non-hydrogen) atoms. The average molecular weight is 254 g/mol. The molecule has 0 aliphatic rings. The number of nitrogens with two attached hydrogens (primary N) is 1. The van der Waals surface area contributed by atoms with Crippen LogP contribution in [-0.4, -0.2) is 37.0 Å². The van der Waals surface area contributed by atoms with Crippen LogP contribution in [-0.2, 0) is 6.54 Å². The number of hydrogen-bond acceptors (Lipinski definition) is 4. The van der Waals surface area contributed by atoms with E-state index >= 15 is 0 Å². The topological polar surface area (TPSA) is 29.3 Å². The molecule has 0 aromatic carbocycles. The van der Waals surface area contributed by atoms with Crippen LogP contribution in [0.2, 0.25) is 0 Å². The fraction of sp³-hybridized carbons (Fsp3) is 0.500. The van der Waals surface area contributed by atoms with E-state index in [0.29, 0.717) is 6.54 Å². The van der Waals surface area contributed by atoms with Gasteiger partial charge in [0, 0.05) is 29.3 Å². The molecular formula is C12H18N2S2. The highest BCUT2D eigenvalue weighted by Crippen LogP contribution is 2.17. The van der Waals surface area contributed by atoms with Gasteiger partial charge in [0.15, 0.2) is 0 Å². The van der Waals surface area contributed by atoms with Gasteiger partial charge in [-0.05, 0) is 24.7 Å². The van der Waals surface area contributed by atoms with Crippen molar-refractivity contribution in [3.05, 3.63) is 21.9 Å². The molecule has 2 N–H and O–H groups in total. The molecule has 0 radical (unpaired) electrons. The molecule has 0 bridgehead atoms. The van der Waals surface area contributed by atoms with E-state index < -0.39 is 0 Å². The summed E-state index contributed by atoms with van der Waals surface area (Å²) in [5, 5.41) is 2.10. The molecule has 88 valence electrons. The Morgan fingerprint density at radius 2 is 2.38 bits per heavy atom. The molecule has 1 rings (SSSR count). The summed E-state index contributed by atoms with van der Waals surface area (Å²) in [4.78, 5) is 3.67. The van der Waals surface area contributed by atoms with Crippen molar-refractivity contribution < 1.29 is 0 Å². The highest BCUT2D eigenvalue weighted by Gasteiger charge is 2.05. The Labute approximate surface area is 106 Å². The number of hydrogen-bond donors (Lipinski definition) is 1. The van der Waals surface area contributed by atoms with E-state index in [0.717, 1.165) is 18.7 Å². The Kier molecular flexibility index (Phi) is 6.58. The zero-order valence-corrected chi connectivity index (χ0v) is 11.5. The largest absolute Gasteiger partial charge is 0.320 e. The molecule has 0 saturated heterocycles. The Morgan fingerprint density at radius 1 is 1.56 bits per heavy atom. The monoisotopic (exact) mass is 254 g/mol. The van der Waals surface area contributed by atoms with Gasteiger partial charge < -0.3 is 10.6 Å². The fourth-order valence-electron chi connectivity index (χ4n) is 1.29. The maximum absolute atomic E-state index is 5.38. The standard InChI is InChI=1S/C12H18N2S2/c1-14(7-9-15-2)10-12-11(4-3-6-13)5-8-16-12/h5,8H,6-7,9-10,13H2,1-2H3. The van der Waals surface area contributed by atoms with Crippen LogP contribution in [0.4, 0.5) is 0 Å². The first-order chi connectivity index (χ1) is 7.77. The molecule has 0 fully saturated rings. The summed E-state index contributed by atoms with van der Waals surface area (Å²) in [5.74, 6) is 7.20. The van der Waals surface area contributed by atoms with Crippen molar-refractivity contribution in [1.82, 2.24) is 4.90 Å². The predicted octanol–water partition coefficient (Wildman–Crippen LogP) is 1.85. The molecule has 0 saturated carbocycles. The molecule has 2 nitrogen and oxygen atoms in total. The Morgan fingerprint density at radius 3 is 3.06 bits per heavy atom. The van der Waals surface area contributed by atoms with E-state index in [1.54, 1.807) is 11.3 Å². The van der Waals surface area contributed by atoms with E-state index in [1.807, 2.05) is 11.8 Å². The van der Waals surface area contributed by atoms with Gasteiger partial charge in [-0.3, -0.25) is 0 Å². The minimum Gasteiger partial charge on any atom is -0.320 e. The Balaban J connectivity index is 2.56. The SMILES string of the molecule is CSCCN(C)Cc1sccc1C#CCN. The van der Waals surface area contributed by atoms with Gasteiger partial charge in [-0.25, -0.2) is 0 Å². The number of rotatable bonds is 5. The van der Waals surface area contributed by atoms with Crippen LogP contribution in [0.1, 0.15) is 10.4 Å². The Bertz CT molecular complexity index is 363. The second-order valence-corrected chi connectivity index (χ2v) is 5.48. The molecule has 0 aliphatic heterocycles. The molecule has 0 unspecified atom stereocenters. The predicted molar refractivity (Wildman–Crippen MR) is 75.0 cm³/mol. The lowest BCUT2D eigenvalue weighted by Crippen LogP contribution is -2.20. The number of thiophene rings is 1. The van der Waals surface area contributed by atoms with Crippen LogP contribution < -0.4 is 5.73 Å². The van der Waals surface area contributed by atoms with Gasteiger partial charge in [-0.2, -0.15) is 11.8 Å². The van der Waals surface area contributed by atoms with Crippen LogP contribution in [0.25, 0.3) is 0 Å². The molecule has 0 spiro atoms. The van der Waals surface area contributed by atoms with Gasteiger partial charge in [0.25, 0.3) is 0 Å². The van der Waals surface area contributed by atoms with Gasteiger partial charge in [-0.1, -0.05) is 11.8 Å². The zero-order valence-electron chi connectivity index (χ0n) is 9.82. The van der Waals surface area contributed by atoms with Crippen LogP contribution >= 0.6 is 23.1 Å². The number of thioether (sulfide) groups is 1. The molecule has 0 atom stereocenters. The molecular weight excluding hydrogens is 236 g/mol. The Hall–Kier alpha value is -0.470. The summed E-state index contributed by atoms with van der Waals surface area (Å²) < 4.78 is 0. The first-order valence-corrected chi connectivity index (χ1v) is 7.48. The summed E-state index contributed by atoms with van der Waals surface area (Å²) >= 11 is 3.65. The van der Waals surface area contributed by atoms with Crippen molar-refractivity contribution in [2.24, 2.45) is 5.73 Å². The van der Waals surface area contributed by atoms with Crippen LogP contribution in [0.5, 0.6) is 0 Å². The second-order valence-electron chi connectivity index (χ2n) is 3.49. The maximum atomic E-state index is 5.38. The summed E-state index contributed by atoms with van der Waals surface area (Å²) in [5.41, 5.74) is 6.51. The molecule has 1 aromatic heterocycles. The molecule has 0 aliphatic carbocycles. The normalized spacial score (nSPS) is 10.2. The molecule has 1 aromatic rings. The third-order valence-electron chi connectivity index (χ3n) is 2.16. The van der Waals surface area contributed by atoms with Crippen molar-refractivity contribution in [2.45, 2.75) is 6.54 Å². The second kappa shape index (κ2) is 7.75. The maximum Gasteiger partial charge on any atom is 0.0555 e. The van der Waals surface area contributed by atoms with Crippen LogP contribution in [0.15, 0.2) is 11.4 Å². The summed E-state index contributed by atoms with van der Waals surface area (Å²) in [7, 11) is 2.15. The van der Waals surface area contributed by atoms with E-state index in [2.05, 4.69) is 41.5 Å². The van der Waals surface area contributed by atoms with Crippen molar-refractivity contribution in [1.29, 1.82) is 0 Å². The third kappa shape index (κ3) is 4.58. The highest BCUT2D eigenvalue weighted by molar-refractivity contribution is 7.98. The minimum absolute atomic E-state index is 0.428. The van der Waals surface area contributed by atoms with E-state index in [-0.39, 0.29) is 0 Å². The lowest BCUT2D eigenvalue weighted by molar-refractivity contribution is 0.352. The molecule has 0 amide bonds. The van der Waals surface area contributed by atoms with Crippen molar-refractivity contribution in [3.63, 3.8) is 0 Å². The van der Waals surface area contributed by atoms with Crippen LogP contribution in [0.3, 0.4) is 0 Å². The van der Waals surface area contributed by atoms with Gasteiger partial charge in [0.1, 0.15) is 0 Å². The molecule has 1 heterocycles. The summed E-state index contributed by atoms with van der Waals surface area (Å²) in [6, 6.07) is 2.07.